The van der Waals surface area contributed by atoms with Gasteiger partial charge in [-0.15, -0.1) is 0 Å². The minimum Gasteiger partial charge on any atom is -0.335 e. The van der Waals surface area contributed by atoms with Crippen molar-refractivity contribution in [2.45, 2.75) is 33.1 Å². The SMILES string of the molecule is CC(C)NCOC(C)[O]. The van der Waals surface area contributed by atoms with Crippen molar-refractivity contribution in [3.8, 4) is 0 Å². The van der Waals surface area contributed by atoms with Gasteiger partial charge in [0.1, 0.15) is 0 Å². The summed E-state index contributed by atoms with van der Waals surface area (Å²) in [5, 5.41) is 13.2. The number of nitrogens with one attached hydrogen (secondary N) is 1. The lowest BCUT2D eigenvalue weighted by atomic mass is 10.4. The van der Waals surface area contributed by atoms with Crippen LogP contribution in [0.2, 0.25) is 0 Å². The van der Waals surface area contributed by atoms with E-state index in [1.807, 2.05) is 13.8 Å². The molecule has 0 bridgehead atoms. The minimum atomic E-state index is -0.920. The minimum absolute atomic E-state index is 0.350. The Labute approximate surface area is 56.0 Å². The van der Waals surface area contributed by atoms with Crippen LogP contribution in [-0.2, 0) is 9.84 Å². The molecule has 1 atom stereocenters. The maximum atomic E-state index is 10.2. The third-order valence-electron chi connectivity index (χ3n) is 0.810. The molecule has 0 aliphatic heterocycles. The van der Waals surface area contributed by atoms with Crippen molar-refractivity contribution in [3.63, 3.8) is 0 Å². The molecule has 0 aliphatic rings. The van der Waals surface area contributed by atoms with E-state index in [1.165, 1.54) is 6.92 Å². The van der Waals surface area contributed by atoms with E-state index in [1.54, 1.807) is 0 Å². The molecule has 0 spiro atoms. The molecule has 1 N–H and O–H groups in total. The molecule has 9 heavy (non-hydrogen) atoms. The smallest absolute Gasteiger partial charge is 0.190 e. The lowest BCUT2D eigenvalue weighted by Crippen LogP contribution is -2.27. The second-order valence-corrected chi connectivity index (χ2v) is 2.24. The lowest BCUT2D eigenvalue weighted by Gasteiger charge is -2.08. The van der Waals surface area contributed by atoms with E-state index in [9.17, 15) is 5.11 Å². The summed E-state index contributed by atoms with van der Waals surface area (Å²) >= 11 is 0. The van der Waals surface area contributed by atoms with Gasteiger partial charge in [0.05, 0.1) is 6.73 Å². The molecule has 0 saturated carbocycles. The maximum Gasteiger partial charge on any atom is 0.190 e. The van der Waals surface area contributed by atoms with Gasteiger partial charge in [-0.3, -0.25) is 5.32 Å². The number of ether oxygens (including phenoxy) is 1. The predicted molar refractivity (Wildman–Crippen MR) is 34.4 cm³/mol. The fraction of sp³-hybridized carbons (Fsp3) is 1.00. The highest BCUT2D eigenvalue weighted by molar-refractivity contribution is 4.45. The zero-order chi connectivity index (χ0) is 7.28. The van der Waals surface area contributed by atoms with Gasteiger partial charge < -0.3 is 4.74 Å². The van der Waals surface area contributed by atoms with E-state index >= 15 is 0 Å². The second kappa shape index (κ2) is 4.73. The molecule has 0 aromatic rings. The molecule has 0 fully saturated rings. The fourth-order valence-electron chi connectivity index (χ4n) is 0.332. The molecule has 0 aliphatic carbocycles. The van der Waals surface area contributed by atoms with Crippen LogP contribution in [0.25, 0.3) is 0 Å². The molecule has 55 valence electrons. The van der Waals surface area contributed by atoms with Gasteiger partial charge in [-0.05, 0) is 20.8 Å². The zero-order valence-electron chi connectivity index (χ0n) is 6.18. The van der Waals surface area contributed by atoms with Gasteiger partial charge in [-0.2, -0.15) is 0 Å². The Morgan fingerprint density at radius 1 is 1.44 bits per heavy atom. The molecule has 0 saturated heterocycles. The van der Waals surface area contributed by atoms with Crippen molar-refractivity contribution in [1.82, 2.24) is 5.32 Å². The number of hydrogen-bond donors (Lipinski definition) is 1. The summed E-state index contributed by atoms with van der Waals surface area (Å²) in [6.45, 7) is 5.82. The normalized spacial score (nSPS) is 14.3. The standard InChI is InChI=1S/C6H14NO2/c1-5(2)7-4-9-6(3)8/h5-7H,4H2,1-3H3. The second-order valence-electron chi connectivity index (χ2n) is 2.24. The largest absolute Gasteiger partial charge is 0.335 e. The van der Waals surface area contributed by atoms with Crippen LogP contribution < -0.4 is 5.32 Å². The zero-order valence-corrected chi connectivity index (χ0v) is 6.18. The first-order chi connectivity index (χ1) is 4.13. The summed E-state index contributed by atoms with van der Waals surface area (Å²) < 4.78 is 4.69. The van der Waals surface area contributed by atoms with Crippen molar-refractivity contribution >= 4 is 0 Å². The van der Waals surface area contributed by atoms with E-state index < -0.39 is 6.29 Å². The van der Waals surface area contributed by atoms with Crippen molar-refractivity contribution in [1.29, 1.82) is 0 Å². The molecule has 0 rings (SSSR count). The summed E-state index contributed by atoms with van der Waals surface area (Å²) in [7, 11) is 0. The van der Waals surface area contributed by atoms with E-state index in [4.69, 9.17) is 0 Å². The van der Waals surface area contributed by atoms with Gasteiger partial charge in [0, 0.05) is 6.04 Å². The van der Waals surface area contributed by atoms with Crippen LogP contribution in [0, 0.1) is 0 Å². The van der Waals surface area contributed by atoms with Crippen LogP contribution >= 0.6 is 0 Å². The first-order valence-corrected chi connectivity index (χ1v) is 3.13. The summed E-state index contributed by atoms with van der Waals surface area (Å²) in [4.78, 5) is 0. The average Bonchev–Trinajstić information content (AvgIpc) is 1.63. The monoisotopic (exact) mass is 132 g/mol. The number of hydrogen-bond acceptors (Lipinski definition) is 2. The van der Waals surface area contributed by atoms with Crippen molar-refractivity contribution < 1.29 is 9.84 Å². The highest BCUT2D eigenvalue weighted by Gasteiger charge is 1.95. The van der Waals surface area contributed by atoms with E-state index in [0.717, 1.165) is 0 Å². The molecular weight excluding hydrogens is 118 g/mol. The third-order valence-corrected chi connectivity index (χ3v) is 0.810. The molecule has 0 amide bonds. The number of rotatable bonds is 4. The quantitative estimate of drug-likeness (QED) is 0.573. The molecule has 3 nitrogen and oxygen atoms in total. The van der Waals surface area contributed by atoms with Gasteiger partial charge in [-0.25, -0.2) is 5.11 Å². The topological polar surface area (TPSA) is 41.2 Å². The molecular formula is C6H14NO2. The van der Waals surface area contributed by atoms with Crippen molar-refractivity contribution in [3.05, 3.63) is 0 Å². The van der Waals surface area contributed by atoms with Crippen LogP contribution in [0.15, 0.2) is 0 Å². The van der Waals surface area contributed by atoms with Gasteiger partial charge in [0.2, 0.25) is 0 Å². The van der Waals surface area contributed by atoms with Crippen LogP contribution in [0.5, 0.6) is 0 Å². The van der Waals surface area contributed by atoms with Crippen LogP contribution in [0.1, 0.15) is 20.8 Å². The van der Waals surface area contributed by atoms with Gasteiger partial charge >= 0.3 is 0 Å². The van der Waals surface area contributed by atoms with Gasteiger partial charge in [0.25, 0.3) is 0 Å². The molecule has 3 heteroatoms. The molecule has 1 unspecified atom stereocenters. The van der Waals surface area contributed by atoms with E-state index in [-0.39, 0.29) is 0 Å². The van der Waals surface area contributed by atoms with Crippen LogP contribution in [0.3, 0.4) is 0 Å². The Morgan fingerprint density at radius 2 is 2.00 bits per heavy atom. The summed E-state index contributed by atoms with van der Waals surface area (Å²) in [6, 6.07) is 0.378. The highest BCUT2D eigenvalue weighted by atomic mass is 16.6. The Balaban J connectivity index is 2.91. The highest BCUT2D eigenvalue weighted by Crippen LogP contribution is 1.82. The van der Waals surface area contributed by atoms with Crippen molar-refractivity contribution in [2.24, 2.45) is 0 Å². The molecule has 1 radical (unpaired) electrons. The Morgan fingerprint density at radius 3 is 2.33 bits per heavy atom. The van der Waals surface area contributed by atoms with Gasteiger partial charge in [0.15, 0.2) is 6.29 Å². The van der Waals surface area contributed by atoms with Crippen LogP contribution in [-0.4, -0.2) is 19.1 Å². The predicted octanol–water partition coefficient (Wildman–Crippen LogP) is 0.735. The van der Waals surface area contributed by atoms with Crippen LogP contribution in [0.4, 0.5) is 0 Å². The summed E-state index contributed by atoms with van der Waals surface area (Å²) in [5.41, 5.74) is 0. The van der Waals surface area contributed by atoms with E-state index in [2.05, 4.69) is 10.1 Å². The molecule has 0 heterocycles. The van der Waals surface area contributed by atoms with Gasteiger partial charge in [-0.1, -0.05) is 0 Å². The average molecular weight is 132 g/mol. The van der Waals surface area contributed by atoms with Crippen molar-refractivity contribution in [2.75, 3.05) is 6.73 Å². The molecule has 0 aromatic heterocycles. The first-order valence-electron chi connectivity index (χ1n) is 3.13. The molecule has 0 aromatic carbocycles. The lowest BCUT2D eigenvalue weighted by molar-refractivity contribution is -0.132. The Kier molecular flexibility index (Phi) is 4.67. The summed E-state index contributed by atoms with van der Waals surface area (Å²) in [5.74, 6) is 0. The first kappa shape index (κ1) is 8.88. The fourth-order valence-corrected chi connectivity index (χ4v) is 0.332. The Bertz CT molecular complexity index is 56.1. The maximum absolute atomic E-state index is 10.2. The van der Waals surface area contributed by atoms with E-state index in [0.29, 0.717) is 12.8 Å². The summed E-state index contributed by atoms with van der Waals surface area (Å²) in [6.07, 6.45) is -0.920. The third kappa shape index (κ3) is 7.88. The Hall–Kier alpha value is -0.120.